The van der Waals surface area contributed by atoms with E-state index >= 15 is 0 Å². The van der Waals surface area contributed by atoms with Gasteiger partial charge in [0.1, 0.15) is 0 Å². The number of carbonyl (C=O) groups is 1. The van der Waals surface area contributed by atoms with Crippen LogP contribution in [0.1, 0.15) is 26.3 Å². The molecular formula is C18H27N3O. The molecule has 0 aromatic heterocycles. The maximum absolute atomic E-state index is 11.9. The number of amides is 1. The Morgan fingerprint density at radius 2 is 1.91 bits per heavy atom. The highest BCUT2D eigenvalue weighted by molar-refractivity contribution is 5.73. The van der Waals surface area contributed by atoms with Crippen molar-refractivity contribution in [3.63, 3.8) is 0 Å². The predicted octanol–water partition coefficient (Wildman–Crippen LogP) is 1.81. The highest BCUT2D eigenvalue weighted by Crippen LogP contribution is 2.33. The Kier molecular flexibility index (Phi) is 4.24. The van der Waals surface area contributed by atoms with Gasteiger partial charge in [0.25, 0.3) is 0 Å². The molecule has 4 heteroatoms. The Morgan fingerprint density at radius 3 is 2.55 bits per heavy atom. The molecule has 0 N–H and O–H groups in total. The van der Waals surface area contributed by atoms with Crippen LogP contribution in [-0.2, 0) is 11.2 Å². The van der Waals surface area contributed by atoms with Crippen molar-refractivity contribution in [1.82, 2.24) is 14.7 Å². The lowest BCUT2D eigenvalue weighted by molar-refractivity contribution is -0.128. The number of piperazine rings is 1. The molecule has 0 aliphatic carbocycles. The molecule has 1 atom stereocenters. The molecule has 22 heavy (non-hydrogen) atoms. The third-order valence-corrected chi connectivity index (χ3v) is 5.20. The highest BCUT2D eigenvalue weighted by Gasteiger charge is 2.48. The molecule has 1 unspecified atom stereocenters. The molecule has 1 amide bonds. The molecule has 2 fully saturated rings. The molecule has 2 saturated heterocycles. The summed E-state index contributed by atoms with van der Waals surface area (Å²) in [4.78, 5) is 19.0. The van der Waals surface area contributed by atoms with Crippen molar-refractivity contribution in [2.75, 3.05) is 32.8 Å². The first-order valence-corrected chi connectivity index (χ1v) is 8.29. The van der Waals surface area contributed by atoms with E-state index in [0.717, 1.165) is 39.3 Å². The van der Waals surface area contributed by atoms with Crippen molar-refractivity contribution in [3.05, 3.63) is 35.9 Å². The van der Waals surface area contributed by atoms with Crippen molar-refractivity contribution in [1.29, 1.82) is 0 Å². The van der Waals surface area contributed by atoms with Gasteiger partial charge < -0.3 is 4.90 Å². The lowest BCUT2D eigenvalue weighted by atomic mass is 9.87. The van der Waals surface area contributed by atoms with Crippen LogP contribution in [0.4, 0.5) is 0 Å². The normalized spacial score (nSPS) is 26.5. The molecule has 1 aromatic carbocycles. The Balaban J connectivity index is 1.87. The van der Waals surface area contributed by atoms with Crippen molar-refractivity contribution in [2.24, 2.45) is 0 Å². The van der Waals surface area contributed by atoms with Gasteiger partial charge in [-0.15, -0.1) is 0 Å². The van der Waals surface area contributed by atoms with Crippen molar-refractivity contribution >= 4 is 5.91 Å². The Bertz CT molecular complexity index is 530. The fourth-order valence-corrected chi connectivity index (χ4v) is 3.88. The zero-order chi connectivity index (χ0) is 15.7. The number of hydrogen-bond donors (Lipinski definition) is 0. The molecule has 0 saturated carbocycles. The minimum Gasteiger partial charge on any atom is -0.328 e. The lowest BCUT2D eigenvalue weighted by Gasteiger charge is -2.47. The molecule has 0 radical (unpaired) electrons. The predicted molar refractivity (Wildman–Crippen MR) is 88.5 cm³/mol. The SMILES string of the molecule is CC(=O)N1CN2CCN(C(C)C)CC2(Cc2ccccc2)C1. The summed E-state index contributed by atoms with van der Waals surface area (Å²) in [6.07, 6.45) is 1.01. The summed E-state index contributed by atoms with van der Waals surface area (Å²) in [7, 11) is 0. The van der Waals surface area contributed by atoms with Crippen LogP contribution in [0, 0.1) is 0 Å². The van der Waals surface area contributed by atoms with E-state index in [2.05, 4.69) is 54.0 Å². The average Bonchev–Trinajstić information content (AvgIpc) is 2.86. The number of rotatable bonds is 3. The van der Waals surface area contributed by atoms with Gasteiger partial charge in [-0.3, -0.25) is 14.6 Å². The summed E-state index contributed by atoms with van der Waals surface area (Å²) < 4.78 is 0. The first-order valence-electron chi connectivity index (χ1n) is 8.29. The van der Waals surface area contributed by atoms with Crippen LogP contribution < -0.4 is 0 Å². The first kappa shape index (κ1) is 15.5. The van der Waals surface area contributed by atoms with E-state index in [-0.39, 0.29) is 11.4 Å². The molecule has 1 aromatic rings. The quantitative estimate of drug-likeness (QED) is 0.852. The molecule has 2 heterocycles. The van der Waals surface area contributed by atoms with Gasteiger partial charge in [0.05, 0.1) is 12.2 Å². The molecule has 0 bridgehead atoms. The Labute approximate surface area is 133 Å². The van der Waals surface area contributed by atoms with Crippen LogP contribution in [0.3, 0.4) is 0 Å². The van der Waals surface area contributed by atoms with Gasteiger partial charge in [-0.2, -0.15) is 0 Å². The van der Waals surface area contributed by atoms with Gasteiger partial charge in [0.2, 0.25) is 5.91 Å². The van der Waals surface area contributed by atoms with Crippen LogP contribution in [0.5, 0.6) is 0 Å². The van der Waals surface area contributed by atoms with Crippen LogP contribution >= 0.6 is 0 Å². The summed E-state index contributed by atoms with van der Waals surface area (Å²) in [6, 6.07) is 11.3. The molecular weight excluding hydrogens is 274 g/mol. The minimum absolute atomic E-state index is 0.0650. The number of carbonyl (C=O) groups excluding carboxylic acids is 1. The fourth-order valence-electron chi connectivity index (χ4n) is 3.88. The minimum atomic E-state index is 0.0650. The van der Waals surface area contributed by atoms with Crippen molar-refractivity contribution < 1.29 is 4.79 Å². The average molecular weight is 301 g/mol. The van der Waals surface area contributed by atoms with E-state index in [9.17, 15) is 4.79 Å². The van der Waals surface area contributed by atoms with E-state index < -0.39 is 0 Å². The molecule has 2 aliphatic heterocycles. The summed E-state index contributed by atoms with van der Waals surface area (Å²) in [5, 5.41) is 0. The summed E-state index contributed by atoms with van der Waals surface area (Å²) in [5.41, 5.74) is 1.43. The van der Waals surface area contributed by atoms with Crippen LogP contribution in [0.25, 0.3) is 0 Å². The fraction of sp³-hybridized carbons (Fsp3) is 0.611. The second-order valence-electron chi connectivity index (χ2n) is 7.07. The van der Waals surface area contributed by atoms with Gasteiger partial charge in [-0.25, -0.2) is 0 Å². The van der Waals surface area contributed by atoms with Crippen LogP contribution in [0.2, 0.25) is 0 Å². The third kappa shape index (κ3) is 2.90. The van der Waals surface area contributed by atoms with Gasteiger partial charge in [0.15, 0.2) is 0 Å². The third-order valence-electron chi connectivity index (χ3n) is 5.20. The zero-order valence-electron chi connectivity index (χ0n) is 14.0. The second-order valence-corrected chi connectivity index (χ2v) is 7.07. The topological polar surface area (TPSA) is 26.8 Å². The van der Waals surface area contributed by atoms with E-state index in [1.54, 1.807) is 6.92 Å². The molecule has 2 aliphatic rings. The zero-order valence-corrected chi connectivity index (χ0v) is 14.0. The number of fused-ring (bicyclic) bond motifs is 1. The first-order chi connectivity index (χ1) is 10.5. The standard InChI is InChI=1S/C18H27N3O/c1-15(2)19-9-10-21-14-20(16(3)22)13-18(21,12-19)11-17-7-5-4-6-8-17/h4-8,15H,9-14H2,1-3H3. The monoisotopic (exact) mass is 301 g/mol. The van der Waals surface area contributed by atoms with Gasteiger partial charge in [-0.1, -0.05) is 30.3 Å². The molecule has 3 rings (SSSR count). The number of nitrogens with zero attached hydrogens (tertiary/aromatic N) is 3. The Hall–Kier alpha value is -1.39. The van der Waals surface area contributed by atoms with Gasteiger partial charge in [-0.05, 0) is 25.8 Å². The van der Waals surface area contributed by atoms with Crippen LogP contribution in [-0.4, -0.2) is 65.0 Å². The smallest absolute Gasteiger partial charge is 0.220 e. The summed E-state index contributed by atoms with van der Waals surface area (Å²) in [5.74, 6) is 0.193. The van der Waals surface area contributed by atoms with Crippen LogP contribution in [0.15, 0.2) is 30.3 Å². The second kappa shape index (κ2) is 6.01. The summed E-state index contributed by atoms with van der Waals surface area (Å²) in [6.45, 7) is 11.1. The van der Waals surface area contributed by atoms with E-state index in [0.29, 0.717) is 6.04 Å². The van der Waals surface area contributed by atoms with E-state index in [1.165, 1.54) is 5.56 Å². The lowest BCUT2D eigenvalue weighted by Crippen LogP contribution is -2.62. The largest absolute Gasteiger partial charge is 0.328 e. The highest BCUT2D eigenvalue weighted by atomic mass is 16.2. The summed E-state index contributed by atoms with van der Waals surface area (Å²) >= 11 is 0. The maximum atomic E-state index is 11.9. The van der Waals surface area contributed by atoms with Crippen molar-refractivity contribution in [2.45, 2.75) is 38.8 Å². The molecule has 120 valence electrons. The Morgan fingerprint density at radius 1 is 1.18 bits per heavy atom. The van der Waals surface area contributed by atoms with Crippen molar-refractivity contribution in [3.8, 4) is 0 Å². The van der Waals surface area contributed by atoms with E-state index in [4.69, 9.17) is 0 Å². The maximum Gasteiger partial charge on any atom is 0.220 e. The number of benzene rings is 1. The van der Waals surface area contributed by atoms with Gasteiger partial charge >= 0.3 is 0 Å². The van der Waals surface area contributed by atoms with E-state index in [1.807, 2.05) is 4.90 Å². The molecule has 4 nitrogen and oxygen atoms in total. The molecule has 0 spiro atoms. The number of hydrogen-bond acceptors (Lipinski definition) is 3. The van der Waals surface area contributed by atoms with Gasteiger partial charge in [0, 0.05) is 39.1 Å².